The number of anilines is 1. The van der Waals surface area contributed by atoms with Gasteiger partial charge in [-0.2, -0.15) is 0 Å². The first-order valence-electron chi connectivity index (χ1n) is 7.07. The molecule has 0 radical (unpaired) electrons. The third kappa shape index (κ3) is 4.41. The van der Waals surface area contributed by atoms with Crippen LogP contribution < -0.4 is 10.2 Å². The highest BCUT2D eigenvalue weighted by molar-refractivity contribution is 7.15. The Morgan fingerprint density at radius 3 is 3.10 bits per heavy atom. The Bertz CT molecular complexity index is 422. The van der Waals surface area contributed by atoms with Gasteiger partial charge in [-0.15, -0.1) is 11.3 Å². The number of rotatable bonds is 6. The summed E-state index contributed by atoms with van der Waals surface area (Å²) in [7, 11) is 1.72. The summed E-state index contributed by atoms with van der Waals surface area (Å²) in [5.41, 5.74) is -0.111. The molecule has 114 valence electrons. The number of hydrogen-bond donors (Lipinski definition) is 1. The standard InChI is InChI=1S/C14H25N3O2S/c1-11-9-17(10-14(2,3)19-11)13-16-8-12(20-13)7-15-5-6-18-4/h8,11,15H,5-7,9-10H2,1-4H3. The molecule has 0 aromatic carbocycles. The van der Waals surface area contributed by atoms with Crippen molar-refractivity contribution in [2.24, 2.45) is 0 Å². The van der Waals surface area contributed by atoms with Crippen LogP contribution in [0.1, 0.15) is 25.6 Å². The van der Waals surface area contributed by atoms with E-state index in [4.69, 9.17) is 9.47 Å². The monoisotopic (exact) mass is 299 g/mol. The smallest absolute Gasteiger partial charge is 0.185 e. The van der Waals surface area contributed by atoms with E-state index in [1.54, 1.807) is 18.4 Å². The van der Waals surface area contributed by atoms with Crippen LogP contribution in [-0.4, -0.2) is 50.0 Å². The number of methoxy groups -OCH3 is 1. The van der Waals surface area contributed by atoms with Gasteiger partial charge in [0.2, 0.25) is 0 Å². The van der Waals surface area contributed by atoms with E-state index in [1.807, 2.05) is 6.20 Å². The van der Waals surface area contributed by atoms with Gasteiger partial charge in [-0.25, -0.2) is 4.98 Å². The van der Waals surface area contributed by atoms with Crippen molar-refractivity contribution in [3.8, 4) is 0 Å². The van der Waals surface area contributed by atoms with Crippen LogP contribution >= 0.6 is 11.3 Å². The predicted molar refractivity (Wildman–Crippen MR) is 82.5 cm³/mol. The summed E-state index contributed by atoms with van der Waals surface area (Å²) in [5, 5.41) is 4.44. The molecule has 1 saturated heterocycles. The lowest BCUT2D eigenvalue weighted by molar-refractivity contribution is -0.0749. The highest BCUT2D eigenvalue weighted by atomic mass is 32.1. The second-order valence-corrected chi connectivity index (χ2v) is 6.94. The summed E-state index contributed by atoms with van der Waals surface area (Å²) in [5.74, 6) is 0. The third-order valence-corrected chi connectivity index (χ3v) is 4.22. The van der Waals surface area contributed by atoms with Gasteiger partial charge in [0.15, 0.2) is 5.13 Å². The van der Waals surface area contributed by atoms with Crippen LogP contribution in [0.2, 0.25) is 0 Å². The fraction of sp³-hybridized carbons (Fsp3) is 0.786. The molecule has 1 aliphatic rings. The van der Waals surface area contributed by atoms with E-state index in [-0.39, 0.29) is 11.7 Å². The zero-order chi connectivity index (χ0) is 14.6. The largest absolute Gasteiger partial charge is 0.383 e. The molecule has 5 nitrogen and oxygen atoms in total. The minimum Gasteiger partial charge on any atom is -0.383 e. The average molecular weight is 299 g/mol. The molecule has 1 aromatic heterocycles. The van der Waals surface area contributed by atoms with Crippen LogP contribution in [0.15, 0.2) is 6.20 Å². The van der Waals surface area contributed by atoms with Crippen molar-refractivity contribution in [1.29, 1.82) is 0 Å². The fourth-order valence-corrected chi connectivity index (χ4v) is 3.40. The summed E-state index contributed by atoms with van der Waals surface area (Å²) in [4.78, 5) is 8.14. The minimum atomic E-state index is -0.111. The van der Waals surface area contributed by atoms with Gasteiger partial charge in [0.25, 0.3) is 0 Å². The van der Waals surface area contributed by atoms with Crippen molar-refractivity contribution in [2.45, 2.75) is 39.0 Å². The predicted octanol–water partition coefficient (Wildman–Crippen LogP) is 1.88. The normalized spacial score (nSPS) is 22.2. The number of aromatic nitrogens is 1. The fourth-order valence-electron chi connectivity index (χ4n) is 2.51. The number of morpholine rings is 1. The molecule has 2 heterocycles. The number of ether oxygens (including phenoxy) is 2. The molecular weight excluding hydrogens is 274 g/mol. The van der Waals surface area contributed by atoms with Crippen LogP contribution in [0.25, 0.3) is 0 Å². The van der Waals surface area contributed by atoms with Gasteiger partial charge in [0, 0.05) is 44.4 Å². The Kier molecular flexibility index (Phi) is 5.37. The second kappa shape index (κ2) is 6.85. The van der Waals surface area contributed by atoms with Crippen molar-refractivity contribution >= 4 is 16.5 Å². The average Bonchev–Trinajstić information content (AvgIpc) is 2.81. The van der Waals surface area contributed by atoms with Crippen molar-refractivity contribution in [3.63, 3.8) is 0 Å². The van der Waals surface area contributed by atoms with Gasteiger partial charge in [-0.3, -0.25) is 0 Å². The SMILES string of the molecule is COCCNCc1cnc(N2CC(C)OC(C)(C)C2)s1. The maximum atomic E-state index is 5.93. The Hall–Kier alpha value is -0.690. The van der Waals surface area contributed by atoms with E-state index in [2.05, 4.69) is 36.0 Å². The molecule has 1 N–H and O–H groups in total. The Morgan fingerprint density at radius 1 is 1.60 bits per heavy atom. The third-order valence-electron chi connectivity index (χ3n) is 3.16. The Labute approximate surface area is 125 Å². The first-order chi connectivity index (χ1) is 9.50. The van der Waals surface area contributed by atoms with Gasteiger partial charge in [-0.05, 0) is 20.8 Å². The number of thiazole rings is 1. The molecule has 0 amide bonds. The molecule has 0 bridgehead atoms. The molecular formula is C14H25N3O2S. The molecule has 1 atom stereocenters. The molecule has 2 rings (SSSR count). The lowest BCUT2D eigenvalue weighted by Gasteiger charge is -2.41. The lowest BCUT2D eigenvalue weighted by Crippen LogP contribution is -2.52. The van der Waals surface area contributed by atoms with Gasteiger partial charge in [0.05, 0.1) is 18.3 Å². The quantitative estimate of drug-likeness (QED) is 0.813. The van der Waals surface area contributed by atoms with Crippen molar-refractivity contribution in [1.82, 2.24) is 10.3 Å². The summed E-state index contributed by atoms with van der Waals surface area (Å²) in [6.07, 6.45) is 2.21. The summed E-state index contributed by atoms with van der Waals surface area (Å²) < 4.78 is 11.0. The Morgan fingerprint density at radius 2 is 2.40 bits per heavy atom. The van der Waals surface area contributed by atoms with E-state index in [0.717, 1.165) is 37.9 Å². The molecule has 1 unspecified atom stereocenters. The van der Waals surface area contributed by atoms with E-state index in [9.17, 15) is 0 Å². The van der Waals surface area contributed by atoms with Gasteiger partial charge >= 0.3 is 0 Å². The van der Waals surface area contributed by atoms with E-state index >= 15 is 0 Å². The van der Waals surface area contributed by atoms with Crippen molar-refractivity contribution in [3.05, 3.63) is 11.1 Å². The van der Waals surface area contributed by atoms with Crippen LogP contribution in [0.3, 0.4) is 0 Å². The maximum Gasteiger partial charge on any atom is 0.185 e. The molecule has 1 fully saturated rings. The molecule has 1 aliphatic heterocycles. The number of nitrogens with zero attached hydrogens (tertiary/aromatic N) is 2. The first-order valence-corrected chi connectivity index (χ1v) is 7.89. The van der Waals surface area contributed by atoms with E-state index < -0.39 is 0 Å². The zero-order valence-electron chi connectivity index (χ0n) is 12.8. The molecule has 6 heteroatoms. The van der Waals surface area contributed by atoms with Crippen molar-refractivity contribution < 1.29 is 9.47 Å². The molecule has 0 saturated carbocycles. The van der Waals surface area contributed by atoms with Crippen LogP contribution in [0.5, 0.6) is 0 Å². The molecule has 20 heavy (non-hydrogen) atoms. The first kappa shape index (κ1) is 15.7. The van der Waals surface area contributed by atoms with Gasteiger partial charge in [-0.1, -0.05) is 0 Å². The van der Waals surface area contributed by atoms with Crippen LogP contribution in [0.4, 0.5) is 5.13 Å². The van der Waals surface area contributed by atoms with Gasteiger partial charge < -0.3 is 19.7 Å². The summed E-state index contributed by atoms with van der Waals surface area (Å²) in [6, 6.07) is 0. The molecule has 0 aliphatic carbocycles. The second-order valence-electron chi connectivity index (χ2n) is 5.85. The van der Waals surface area contributed by atoms with E-state index in [1.165, 1.54) is 4.88 Å². The summed E-state index contributed by atoms with van der Waals surface area (Å²) >= 11 is 1.76. The zero-order valence-corrected chi connectivity index (χ0v) is 13.6. The molecule has 0 spiro atoms. The molecule has 1 aromatic rings. The lowest BCUT2D eigenvalue weighted by atomic mass is 10.1. The van der Waals surface area contributed by atoms with Crippen LogP contribution in [0, 0.1) is 0 Å². The van der Waals surface area contributed by atoms with E-state index in [0.29, 0.717) is 0 Å². The summed E-state index contributed by atoms with van der Waals surface area (Å²) in [6.45, 7) is 10.6. The maximum absolute atomic E-state index is 5.93. The number of nitrogens with one attached hydrogen (secondary N) is 1. The topological polar surface area (TPSA) is 46.6 Å². The highest BCUT2D eigenvalue weighted by Crippen LogP contribution is 2.29. The van der Waals surface area contributed by atoms with Gasteiger partial charge in [0.1, 0.15) is 0 Å². The van der Waals surface area contributed by atoms with Crippen LogP contribution in [-0.2, 0) is 16.0 Å². The Balaban J connectivity index is 1.91. The van der Waals surface area contributed by atoms with Crippen molar-refractivity contribution in [2.75, 3.05) is 38.3 Å². The minimum absolute atomic E-state index is 0.111. The number of hydrogen-bond acceptors (Lipinski definition) is 6. The highest BCUT2D eigenvalue weighted by Gasteiger charge is 2.32.